The predicted molar refractivity (Wildman–Crippen MR) is 61.8 cm³/mol. The first-order valence-electron chi connectivity index (χ1n) is 4.65. The van der Waals surface area contributed by atoms with Crippen molar-refractivity contribution in [1.29, 1.82) is 0 Å². The van der Waals surface area contributed by atoms with Gasteiger partial charge in [-0.25, -0.2) is 0 Å². The molecule has 13 heavy (non-hydrogen) atoms. The summed E-state index contributed by atoms with van der Waals surface area (Å²) in [6, 6.07) is 10.5. The fraction of sp³-hybridized carbons (Fsp3) is 0.167. The molecule has 0 fully saturated rings. The third-order valence-corrected chi connectivity index (χ3v) is 1.90. The Morgan fingerprint density at radius 2 is 1.92 bits per heavy atom. The Morgan fingerprint density at radius 1 is 1.23 bits per heavy atom. The van der Waals surface area contributed by atoms with Crippen LogP contribution in [0.4, 0.5) is 0 Å². The van der Waals surface area contributed by atoms with Gasteiger partial charge in [-0.3, -0.25) is 0 Å². The van der Waals surface area contributed by atoms with Crippen LogP contribution in [0.1, 0.15) is 13.8 Å². The van der Waals surface area contributed by atoms with E-state index in [1.54, 1.807) is 0 Å². The van der Waals surface area contributed by atoms with E-state index in [1.807, 2.05) is 6.92 Å². The summed E-state index contributed by atoms with van der Waals surface area (Å²) < 4.78 is 0. The number of hydrogen-bond acceptors (Lipinski definition) is 0. The smallest absolute Gasteiger partial charge is 0.103 e. The number of allylic oxidation sites excluding steroid dienone is 4. The second-order valence-electron chi connectivity index (χ2n) is 3.20. The first-order chi connectivity index (χ1) is 6.33. The van der Waals surface area contributed by atoms with Crippen molar-refractivity contribution >= 4 is 12.7 Å². The zero-order chi connectivity index (χ0) is 9.52. The van der Waals surface area contributed by atoms with E-state index >= 15 is 0 Å². The minimum Gasteiger partial charge on any atom is -0.103 e. The molecule has 0 atom stereocenters. The van der Waals surface area contributed by atoms with Crippen LogP contribution in [0.25, 0.3) is 0 Å². The van der Waals surface area contributed by atoms with Crippen LogP contribution in [0.15, 0.2) is 54.0 Å². The van der Waals surface area contributed by atoms with Gasteiger partial charge in [-0.05, 0) is 6.92 Å². The summed E-state index contributed by atoms with van der Waals surface area (Å²) in [5.41, 5.74) is 2.77. The monoisotopic (exact) mass is 170 g/mol. The Kier molecular flexibility index (Phi) is 4.10. The summed E-state index contributed by atoms with van der Waals surface area (Å²) in [5, 5.41) is 0. The Bertz CT molecular complexity index is 296. The molecule has 0 nitrogen and oxygen atoms in total. The lowest BCUT2D eigenvalue weighted by Crippen LogP contribution is -2.14. The van der Waals surface area contributed by atoms with Gasteiger partial charge in [0.25, 0.3) is 0 Å². The maximum Gasteiger partial charge on any atom is 0.186 e. The molecule has 0 saturated carbocycles. The second kappa shape index (κ2) is 5.42. The van der Waals surface area contributed by atoms with Crippen molar-refractivity contribution in [3.05, 3.63) is 54.0 Å². The standard InChI is InChI=1S/C12H15B/c1-3-4-8-11(2)13-12-9-6-5-7-10-12/h3-10,13H,1-2H3/b4-3-,11-8+. The topological polar surface area (TPSA) is 0 Å². The van der Waals surface area contributed by atoms with Gasteiger partial charge in [0, 0.05) is 0 Å². The average molecular weight is 170 g/mol. The molecule has 1 aromatic carbocycles. The van der Waals surface area contributed by atoms with E-state index in [1.165, 1.54) is 10.9 Å². The molecule has 0 spiro atoms. The van der Waals surface area contributed by atoms with Crippen molar-refractivity contribution in [2.45, 2.75) is 13.8 Å². The summed E-state index contributed by atoms with van der Waals surface area (Å²) in [6.45, 7) is 4.19. The van der Waals surface area contributed by atoms with Crippen LogP contribution in [-0.2, 0) is 0 Å². The van der Waals surface area contributed by atoms with Crippen molar-refractivity contribution in [2.75, 3.05) is 0 Å². The largest absolute Gasteiger partial charge is 0.186 e. The van der Waals surface area contributed by atoms with Gasteiger partial charge in [0.05, 0.1) is 0 Å². The molecule has 0 aliphatic rings. The Balaban J connectivity index is 2.60. The molecule has 0 amide bonds. The van der Waals surface area contributed by atoms with Crippen molar-refractivity contribution < 1.29 is 0 Å². The second-order valence-corrected chi connectivity index (χ2v) is 3.20. The highest BCUT2D eigenvalue weighted by Crippen LogP contribution is 1.92. The van der Waals surface area contributed by atoms with E-state index in [2.05, 4.69) is 55.5 Å². The molecule has 0 radical (unpaired) electrons. The van der Waals surface area contributed by atoms with Gasteiger partial charge in [-0.15, -0.1) is 5.47 Å². The van der Waals surface area contributed by atoms with E-state index in [0.29, 0.717) is 0 Å². The third kappa shape index (κ3) is 3.79. The Labute approximate surface area is 81.2 Å². The number of benzene rings is 1. The summed E-state index contributed by atoms with van der Waals surface area (Å²) in [4.78, 5) is 0. The Morgan fingerprint density at radius 3 is 2.54 bits per heavy atom. The molecule has 0 aliphatic carbocycles. The van der Waals surface area contributed by atoms with Crippen LogP contribution in [0.2, 0.25) is 0 Å². The van der Waals surface area contributed by atoms with E-state index in [-0.39, 0.29) is 0 Å². The van der Waals surface area contributed by atoms with Gasteiger partial charge in [0.2, 0.25) is 0 Å². The summed E-state index contributed by atoms with van der Waals surface area (Å²) >= 11 is 0. The first-order valence-corrected chi connectivity index (χ1v) is 4.65. The molecule has 1 aromatic rings. The van der Waals surface area contributed by atoms with Gasteiger partial charge in [0.1, 0.15) is 0 Å². The van der Waals surface area contributed by atoms with Crippen LogP contribution in [0.5, 0.6) is 0 Å². The normalized spacial score (nSPS) is 12.0. The quantitative estimate of drug-likeness (QED) is 0.482. The van der Waals surface area contributed by atoms with Crippen LogP contribution in [0, 0.1) is 0 Å². The molecule has 0 saturated heterocycles. The molecule has 1 rings (SSSR count). The molecule has 66 valence electrons. The van der Waals surface area contributed by atoms with Crippen LogP contribution in [-0.4, -0.2) is 7.28 Å². The predicted octanol–water partition coefficient (Wildman–Crippen LogP) is 2.23. The highest BCUT2D eigenvalue weighted by Gasteiger charge is 1.94. The molecule has 0 aromatic heterocycles. The van der Waals surface area contributed by atoms with E-state index in [4.69, 9.17) is 0 Å². The lowest BCUT2D eigenvalue weighted by molar-refractivity contribution is 1.62. The minimum absolute atomic E-state index is 1.05. The zero-order valence-electron chi connectivity index (χ0n) is 8.33. The van der Waals surface area contributed by atoms with Crippen molar-refractivity contribution in [3.63, 3.8) is 0 Å². The fourth-order valence-electron chi connectivity index (χ4n) is 1.24. The number of hydrogen-bond donors (Lipinski definition) is 0. The fourth-order valence-corrected chi connectivity index (χ4v) is 1.24. The van der Waals surface area contributed by atoms with Gasteiger partial charge in [0.15, 0.2) is 7.28 Å². The SMILES string of the molecule is C/C=C\C=C(/C)Bc1ccccc1. The van der Waals surface area contributed by atoms with Gasteiger partial charge in [-0.1, -0.05) is 60.9 Å². The molecule has 1 heteroatoms. The van der Waals surface area contributed by atoms with E-state index < -0.39 is 0 Å². The summed E-state index contributed by atoms with van der Waals surface area (Å²) in [6.07, 6.45) is 6.29. The lowest BCUT2D eigenvalue weighted by atomic mass is 9.64. The molecule has 0 bridgehead atoms. The molecule has 0 aliphatic heterocycles. The van der Waals surface area contributed by atoms with Crippen LogP contribution < -0.4 is 5.46 Å². The molecule has 0 N–H and O–H groups in total. The van der Waals surface area contributed by atoms with Crippen molar-refractivity contribution in [3.8, 4) is 0 Å². The minimum atomic E-state index is 1.05. The van der Waals surface area contributed by atoms with Gasteiger partial charge >= 0.3 is 0 Å². The maximum atomic E-state index is 2.16. The third-order valence-electron chi connectivity index (χ3n) is 1.90. The summed E-state index contributed by atoms with van der Waals surface area (Å²) in [7, 11) is 1.05. The lowest BCUT2D eigenvalue weighted by Gasteiger charge is -1.97. The molecule has 0 heterocycles. The van der Waals surface area contributed by atoms with E-state index in [0.717, 1.165) is 7.28 Å². The highest BCUT2D eigenvalue weighted by molar-refractivity contribution is 6.60. The van der Waals surface area contributed by atoms with Crippen molar-refractivity contribution in [2.24, 2.45) is 0 Å². The summed E-state index contributed by atoms with van der Waals surface area (Å²) in [5.74, 6) is 0. The first kappa shape index (κ1) is 9.85. The van der Waals surface area contributed by atoms with Crippen LogP contribution in [0.3, 0.4) is 0 Å². The Hall–Kier alpha value is -1.24. The van der Waals surface area contributed by atoms with E-state index in [9.17, 15) is 0 Å². The van der Waals surface area contributed by atoms with Crippen molar-refractivity contribution in [1.82, 2.24) is 0 Å². The van der Waals surface area contributed by atoms with Crippen LogP contribution >= 0.6 is 0 Å². The molecule has 0 unspecified atom stereocenters. The van der Waals surface area contributed by atoms with Gasteiger partial charge < -0.3 is 0 Å². The molecular formula is C12H15B. The zero-order valence-corrected chi connectivity index (χ0v) is 8.33. The number of rotatable bonds is 3. The van der Waals surface area contributed by atoms with Gasteiger partial charge in [-0.2, -0.15) is 0 Å². The maximum absolute atomic E-state index is 2.16. The molecular weight excluding hydrogens is 155 g/mol. The highest BCUT2D eigenvalue weighted by atomic mass is 13.8. The average Bonchev–Trinajstić information content (AvgIpc) is 2.16.